The predicted octanol–water partition coefficient (Wildman–Crippen LogP) is 1.54. The summed E-state index contributed by atoms with van der Waals surface area (Å²) in [6, 6.07) is 1.22. The van der Waals surface area contributed by atoms with E-state index in [2.05, 4.69) is 5.32 Å². The van der Waals surface area contributed by atoms with Gasteiger partial charge in [0.2, 0.25) is 11.8 Å². The lowest BCUT2D eigenvalue weighted by molar-refractivity contribution is -0.154. The summed E-state index contributed by atoms with van der Waals surface area (Å²) >= 11 is 1.29. The molecule has 3 rings (SSSR count). The smallest absolute Gasteiger partial charge is 0.326 e. The Bertz CT molecular complexity index is 788. The number of methoxy groups -OCH3 is 1. The van der Waals surface area contributed by atoms with Crippen molar-refractivity contribution in [2.75, 3.05) is 13.7 Å². The Morgan fingerprint density at radius 2 is 2.00 bits per heavy atom. The Labute approximate surface area is 155 Å². The van der Waals surface area contributed by atoms with Gasteiger partial charge in [0.25, 0.3) is 0 Å². The molecule has 1 aromatic rings. The standard InChI is InChI=1S/C18H22N2O5S/c1-5-18(17(24)25-4)13-12(15(22)20(6-2)16(13)23)14(19-18)10-7-11(9(3)21)26-8-10/h7-8,12-14,19H,5-6H2,1-4H3/t12-,13-,14-,18-/m1/s1. The molecule has 0 unspecified atom stereocenters. The molecule has 1 N–H and O–H groups in total. The number of carbonyl (C=O) groups excluding carboxylic acids is 4. The highest BCUT2D eigenvalue weighted by molar-refractivity contribution is 7.12. The van der Waals surface area contributed by atoms with Gasteiger partial charge in [0.1, 0.15) is 5.54 Å². The fraction of sp³-hybridized carbons (Fsp3) is 0.556. The molecule has 0 aliphatic carbocycles. The topological polar surface area (TPSA) is 92.8 Å². The molecule has 2 aliphatic heterocycles. The van der Waals surface area contributed by atoms with E-state index in [0.717, 1.165) is 5.56 Å². The number of rotatable bonds is 5. The van der Waals surface area contributed by atoms with Crippen LogP contribution in [-0.4, -0.2) is 47.7 Å². The van der Waals surface area contributed by atoms with Crippen molar-refractivity contribution < 1.29 is 23.9 Å². The summed E-state index contributed by atoms with van der Waals surface area (Å²) in [6.45, 7) is 5.28. The minimum Gasteiger partial charge on any atom is -0.468 e. The third kappa shape index (κ3) is 2.43. The lowest BCUT2D eigenvalue weighted by atomic mass is 9.78. The molecule has 0 radical (unpaired) electrons. The first-order valence-corrected chi connectivity index (χ1v) is 9.51. The number of hydrogen-bond donors (Lipinski definition) is 1. The largest absolute Gasteiger partial charge is 0.468 e. The number of ketones is 1. The molecular weight excluding hydrogens is 356 g/mol. The van der Waals surface area contributed by atoms with Gasteiger partial charge in [0.05, 0.1) is 23.8 Å². The van der Waals surface area contributed by atoms with E-state index in [-0.39, 0.29) is 24.1 Å². The van der Waals surface area contributed by atoms with Gasteiger partial charge < -0.3 is 4.74 Å². The number of thiophene rings is 1. The lowest BCUT2D eigenvalue weighted by Crippen LogP contribution is -2.55. The monoisotopic (exact) mass is 378 g/mol. The highest BCUT2D eigenvalue weighted by Crippen LogP contribution is 2.50. The maximum absolute atomic E-state index is 12.9. The molecule has 3 heterocycles. The van der Waals surface area contributed by atoms with Crippen LogP contribution in [0.1, 0.15) is 48.5 Å². The number of nitrogens with one attached hydrogen (secondary N) is 1. The minimum atomic E-state index is -1.25. The van der Waals surface area contributed by atoms with Gasteiger partial charge in [0, 0.05) is 12.6 Å². The molecule has 140 valence electrons. The Kier molecular flexibility index (Phi) is 4.74. The molecule has 26 heavy (non-hydrogen) atoms. The molecule has 2 fully saturated rings. The van der Waals surface area contributed by atoms with E-state index in [1.165, 1.54) is 30.3 Å². The first kappa shape index (κ1) is 18.7. The Morgan fingerprint density at radius 3 is 2.50 bits per heavy atom. The van der Waals surface area contributed by atoms with Gasteiger partial charge >= 0.3 is 5.97 Å². The second-order valence-corrected chi connectivity index (χ2v) is 7.57. The van der Waals surface area contributed by atoms with Gasteiger partial charge in [-0.2, -0.15) is 0 Å². The second kappa shape index (κ2) is 6.59. The number of fused-ring (bicyclic) bond motifs is 1. The number of Topliss-reactive ketones (excluding diaryl/α,β-unsaturated/α-hetero) is 1. The SMILES string of the molecule is CCN1C(=O)[C@H]2[C@@H](c3csc(C(C)=O)c3)N[C@@](CC)(C(=O)OC)[C@H]2C1=O. The van der Waals surface area contributed by atoms with E-state index >= 15 is 0 Å². The summed E-state index contributed by atoms with van der Waals surface area (Å²) in [6.07, 6.45) is 0.317. The van der Waals surface area contributed by atoms with Crippen molar-refractivity contribution in [2.45, 2.75) is 38.8 Å². The van der Waals surface area contributed by atoms with E-state index in [0.29, 0.717) is 11.3 Å². The molecule has 0 saturated carbocycles. The molecule has 1 aromatic heterocycles. The zero-order chi connectivity index (χ0) is 19.2. The predicted molar refractivity (Wildman–Crippen MR) is 94.6 cm³/mol. The molecule has 4 atom stereocenters. The normalized spacial score (nSPS) is 30.6. The van der Waals surface area contributed by atoms with Crippen molar-refractivity contribution in [3.63, 3.8) is 0 Å². The maximum Gasteiger partial charge on any atom is 0.326 e. The summed E-state index contributed by atoms with van der Waals surface area (Å²) in [5, 5.41) is 5.04. The van der Waals surface area contributed by atoms with Gasteiger partial charge in [-0.05, 0) is 37.3 Å². The van der Waals surface area contributed by atoms with E-state index < -0.39 is 29.4 Å². The molecule has 2 aliphatic rings. The van der Waals surface area contributed by atoms with Crippen molar-refractivity contribution in [3.8, 4) is 0 Å². The summed E-state index contributed by atoms with van der Waals surface area (Å²) in [7, 11) is 1.28. The fourth-order valence-corrected chi connectivity index (χ4v) is 5.05. The summed E-state index contributed by atoms with van der Waals surface area (Å²) in [5.74, 6) is -2.72. The number of imide groups is 1. The third-order valence-electron chi connectivity index (χ3n) is 5.49. The van der Waals surface area contributed by atoms with Gasteiger partial charge in [-0.25, -0.2) is 0 Å². The number of esters is 1. The quantitative estimate of drug-likeness (QED) is 0.475. The zero-order valence-corrected chi connectivity index (χ0v) is 16.0. The number of hydrogen-bond acceptors (Lipinski definition) is 7. The summed E-state index contributed by atoms with van der Waals surface area (Å²) in [4.78, 5) is 51.9. The van der Waals surface area contributed by atoms with Crippen LogP contribution in [-0.2, 0) is 19.1 Å². The molecule has 7 nitrogen and oxygen atoms in total. The van der Waals surface area contributed by atoms with E-state index in [4.69, 9.17) is 4.74 Å². The number of likely N-dealkylation sites (tertiary alicyclic amines) is 1. The molecule has 2 saturated heterocycles. The fourth-order valence-electron chi connectivity index (χ4n) is 4.20. The molecular formula is C18H22N2O5S. The number of amides is 2. The average Bonchev–Trinajstić information content (AvgIpc) is 3.29. The van der Waals surface area contributed by atoms with E-state index in [9.17, 15) is 19.2 Å². The van der Waals surface area contributed by atoms with Gasteiger partial charge in [-0.15, -0.1) is 11.3 Å². The maximum atomic E-state index is 12.9. The Morgan fingerprint density at radius 1 is 1.31 bits per heavy atom. The van der Waals surface area contributed by atoms with Crippen LogP contribution in [0.4, 0.5) is 0 Å². The summed E-state index contributed by atoms with van der Waals surface area (Å²) < 4.78 is 4.98. The minimum absolute atomic E-state index is 0.0606. The lowest BCUT2D eigenvalue weighted by Gasteiger charge is -2.31. The van der Waals surface area contributed by atoms with Crippen LogP contribution in [0.5, 0.6) is 0 Å². The van der Waals surface area contributed by atoms with Gasteiger partial charge in [-0.1, -0.05) is 6.92 Å². The first-order valence-electron chi connectivity index (χ1n) is 8.63. The average molecular weight is 378 g/mol. The first-order chi connectivity index (χ1) is 12.3. The number of carbonyl (C=O) groups is 4. The molecule has 0 spiro atoms. The van der Waals surface area contributed by atoms with Gasteiger partial charge in [0.15, 0.2) is 5.78 Å². The highest BCUT2D eigenvalue weighted by Gasteiger charge is 2.67. The van der Waals surface area contributed by atoms with E-state index in [1.807, 2.05) is 0 Å². The molecule has 0 aromatic carbocycles. The molecule has 8 heteroatoms. The van der Waals surface area contributed by atoms with Crippen LogP contribution in [0.3, 0.4) is 0 Å². The van der Waals surface area contributed by atoms with Crippen molar-refractivity contribution in [1.82, 2.24) is 10.2 Å². The van der Waals surface area contributed by atoms with Crippen LogP contribution in [0.25, 0.3) is 0 Å². The van der Waals surface area contributed by atoms with Crippen LogP contribution in [0, 0.1) is 11.8 Å². The second-order valence-electron chi connectivity index (χ2n) is 6.66. The number of ether oxygens (including phenoxy) is 1. The van der Waals surface area contributed by atoms with Crippen molar-refractivity contribution in [1.29, 1.82) is 0 Å². The molecule has 0 bridgehead atoms. The Hall–Kier alpha value is -2.06. The van der Waals surface area contributed by atoms with Crippen molar-refractivity contribution >= 4 is 34.9 Å². The Balaban J connectivity index is 2.12. The van der Waals surface area contributed by atoms with Crippen LogP contribution in [0.15, 0.2) is 11.4 Å². The number of nitrogens with zero attached hydrogens (tertiary/aromatic N) is 1. The van der Waals surface area contributed by atoms with Crippen molar-refractivity contribution in [2.24, 2.45) is 11.8 Å². The molecule has 2 amide bonds. The third-order valence-corrected chi connectivity index (χ3v) is 6.54. The van der Waals surface area contributed by atoms with Crippen LogP contribution >= 0.6 is 11.3 Å². The zero-order valence-electron chi connectivity index (χ0n) is 15.2. The van der Waals surface area contributed by atoms with Gasteiger partial charge in [-0.3, -0.25) is 29.4 Å². The summed E-state index contributed by atoms with van der Waals surface area (Å²) in [5.41, 5.74) is -0.507. The van der Waals surface area contributed by atoms with Crippen molar-refractivity contribution in [3.05, 3.63) is 21.9 Å². The van der Waals surface area contributed by atoms with Crippen LogP contribution < -0.4 is 5.32 Å². The van der Waals surface area contributed by atoms with E-state index in [1.54, 1.807) is 25.3 Å². The van der Waals surface area contributed by atoms with Crippen LogP contribution in [0.2, 0.25) is 0 Å². The highest BCUT2D eigenvalue weighted by atomic mass is 32.1.